The van der Waals surface area contributed by atoms with Gasteiger partial charge >= 0.3 is 1.43 Å². The van der Waals surface area contributed by atoms with Crippen LogP contribution in [0.15, 0.2) is 24.3 Å². The Kier molecular flexibility index (Phi) is 3.15. The highest BCUT2D eigenvalue weighted by Gasteiger charge is 2.02. The van der Waals surface area contributed by atoms with Gasteiger partial charge in [-0.3, -0.25) is 0 Å². The summed E-state index contributed by atoms with van der Waals surface area (Å²) in [5.74, 6) is 1.69. The number of benzene rings is 1. The van der Waals surface area contributed by atoms with Crippen LogP contribution in [0, 0.1) is 5.92 Å². The Balaban J connectivity index is 0.00000144. The fourth-order valence-electron chi connectivity index (χ4n) is 1.31. The quantitative estimate of drug-likeness (QED) is 0.669. The Morgan fingerprint density at radius 3 is 2.58 bits per heavy atom. The summed E-state index contributed by atoms with van der Waals surface area (Å²) in [5.41, 5.74) is 1.30. The van der Waals surface area contributed by atoms with E-state index in [0.29, 0.717) is 5.92 Å². The first-order valence-electron chi connectivity index (χ1n) is 4.36. The van der Waals surface area contributed by atoms with Gasteiger partial charge in [0.25, 0.3) is 0 Å². The Hall–Kier alpha value is -0.980. The number of hydrogen-bond acceptors (Lipinski definition) is 1. The highest BCUT2D eigenvalue weighted by molar-refractivity contribution is 5.33. The van der Waals surface area contributed by atoms with Gasteiger partial charge in [0.05, 0.1) is 7.11 Å². The van der Waals surface area contributed by atoms with E-state index < -0.39 is 0 Å². The summed E-state index contributed by atoms with van der Waals surface area (Å²) in [5, 5.41) is 0. The molecule has 0 unspecified atom stereocenters. The van der Waals surface area contributed by atoms with Crippen LogP contribution in [0.2, 0.25) is 0 Å². The lowest BCUT2D eigenvalue weighted by Gasteiger charge is -2.09. The van der Waals surface area contributed by atoms with Gasteiger partial charge in [-0.15, -0.1) is 0 Å². The van der Waals surface area contributed by atoms with E-state index in [1.54, 1.807) is 7.11 Å². The molecular weight excluding hydrogens is 148 g/mol. The van der Waals surface area contributed by atoms with Crippen LogP contribution in [0.1, 0.15) is 20.8 Å². The van der Waals surface area contributed by atoms with Crippen molar-refractivity contribution in [2.45, 2.75) is 20.3 Å². The van der Waals surface area contributed by atoms with Gasteiger partial charge in [0.15, 0.2) is 0 Å². The van der Waals surface area contributed by atoms with E-state index in [-0.39, 0.29) is 1.43 Å². The van der Waals surface area contributed by atoms with E-state index in [0.717, 1.165) is 12.2 Å². The predicted octanol–water partition coefficient (Wildman–Crippen LogP) is 3.01. The summed E-state index contributed by atoms with van der Waals surface area (Å²) >= 11 is 0. The minimum absolute atomic E-state index is 0. The number of hydrogen-bond donors (Lipinski definition) is 0. The largest absolute Gasteiger partial charge is 1.00 e. The van der Waals surface area contributed by atoms with Crippen molar-refractivity contribution in [2.75, 3.05) is 7.11 Å². The minimum atomic E-state index is 0. The van der Waals surface area contributed by atoms with Crippen molar-refractivity contribution in [3.63, 3.8) is 0 Å². The first-order valence-corrected chi connectivity index (χ1v) is 4.36. The molecule has 0 atom stereocenters. The Labute approximate surface area is 75.9 Å². The van der Waals surface area contributed by atoms with Crippen LogP contribution >= 0.6 is 0 Å². The molecule has 1 nitrogen and oxygen atoms in total. The number of rotatable bonds is 3. The van der Waals surface area contributed by atoms with E-state index in [9.17, 15) is 0 Å². The smallest absolute Gasteiger partial charge is 0.496 e. The highest BCUT2D eigenvalue weighted by atomic mass is 16.5. The van der Waals surface area contributed by atoms with Crippen LogP contribution in [0.4, 0.5) is 0 Å². The van der Waals surface area contributed by atoms with Gasteiger partial charge < -0.3 is 4.74 Å². The first-order chi connectivity index (χ1) is 5.74. The summed E-state index contributed by atoms with van der Waals surface area (Å²) in [6.45, 7) is 4.43. The second-order valence-corrected chi connectivity index (χ2v) is 3.41. The minimum Gasteiger partial charge on any atom is -0.496 e. The second kappa shape index (κ2) is 4.15. The third-order valence-corrected chi connectivity index (χ3v) is 1.82. The van der Waals surface area contributed by atoms with Gasteiger partial charge in [0, 0.05) is 0 Å². The van der Waals surface area contributed by atoms with Crippen molar-refractivity contribution < 1.29 is 6.16 Å². The first kappa shape index (κ1) is 9.11. The van der Waals surface area contributed by atoms with Crippen molar-refractivity contribution >= 4 is 0 Å². The van der Waals surface area contributed by atoms with Gasteiger partial charge in [0.2, 0.25) is 0 Å². The molecule has 0 spiro atoms. The van der Waals surface area contributed by atoms with Crippen molar-refractivity contribution in [2.24, 2.45) is 5.92 Å². The summed E-state index contributed by atoms with van der Waals surface area (Å²) < 4.78 is 5.25. The van der Waals surface area contributed by atoms with Crippen LogP contribution in [0.25, 0.3) is 0 Å². The molecule has 0 fully saturated rings. The van der Waals surface area contributed by atoms with Crippen LogP contribution in [0.5, 0.6) is 5.75 Å². The maximum absolute atomic E-state index is 5.25. The molecule has 0 N–H and O–H groups in total. The molecule has 0 saturated carbocycles. The third-order valence-electron chi connectivity index (χ3n) is 1.82. The molecule has 0 saturated heterocycles. The molecule has 66 valence electrons. The summed E-state index contributed by atoms with van der Waals surface area (Å²) in [6, 6.07) is 8.19. The molecule has 12 heavy (non-hydrogen) atoms. The van der Waals surface area contributed by atoms with Crippen LogP contribution < -0.4 is 4.74 Å². The number of ether oxygens (including phenoxy) is 1. The average Bonchev–Trinajstić information content (AvgIpc) is 2.04. The van der Waals surface area contributed by atoms with Gasteiger partial charge in [-0.1, -0.05) is 32.0 Å². The summed E-state index contributed by atoms with van der Waals surface area (Å²) in [4.78, 5) is 0. The molecule has 0 aliphatic rings. The van der Waals surface area contributed by atoms with Gasteiger partial charge in [-0.05, 0) is 24.0 Å². The lowest BCUT2D eigenvalue weighted by Crippen LogP contribution is -1.97. The standard InChI is InChI=1S/C11H16O/c1-9(2)8-10-6-4-5-7-11(10)12-3/h4-7,9H,8H2,1-3H3/p+1. The van der Waals surface area contributed by atoms with Crippen molar-refractivity contribution in [3.8, 4) is 5.75 Å². The molecule has 0 radical (unpaired) electrons. The second-order valence-electron chi connectivity index (χ2n) is 3.41. The fraction of sp³-hybridized carbons (Fsp3) is 0.455. The monoisotopic (exact) mass is 165 g/mol. The topological polar surface area (TPSA) is 9.23 Å². The van der Waals surface area contributed by atoms with Crippen LogP contribution in [-0.2, 0) is 6.42 Å². The van der Waals surface area contributed by atoms with E-state index in [2.05, 4.69) is 26.0 Å². The van der Waals surface area contributed by atoms with Crippen LogP contribution in [0.3, 0.4) is 0 Å². The van der Waals surface area contributed by atoms with Crippen LogP contribution in [-0.4, -0.2) is 7.11 Å². The Morgan fingerprint density at radius 2 is 2.00 bits per heavy atom. The normalized spacial score (nSPS) is 10.3. The molecule has 0 aromatic heterocycles. The van der Waals surface area contributed by atoms with E-state index in [4.69, 9.17) is 4.74 Å². The molecule has 1 aromatic carbocycles. The van der Waals surface area contributed by atoms with E-state index >= 15 is 0 Å². The molecule has 0 aliphatic heterocycles. The molecule has 0 heterocycles. The maximum atomic E-state index is 5.25. The van der Waals surface area contributed by atoms with Gasteiger partial charge in [0.1, 0.15) is 5.75 Å². The van der Waals surface area contributed by atoms with E-state index in [1.165, 1.54) is 5.56 Å². The number of para-hydroxylation sites is 1. The molecular formula is C11H17O+. The molecule has 0 amide bonds. The van der Waals surface area contributed by atoms with Gasteiger partial charge in [-0.25, -0.2) is 0 Å². The predicted molar refractivity (Wildman–Crippen MR) is 52.6 cm³/mol. The molecule has 1 heteroatoms. The molecule has 1 aromatic rings. The van der Waals surface area contributed by atoms with E-state index in [1.807, 2.05) is 12.1 Å². The highest BCUT2D eigenvalue weighted by Crippen LogP contribution is 2.20. The lowest BCUT2D eigenvalue weighted by atomic mass is 10.0. The zero-order valence-electron chi connectivity index (χ0n) is 9.00. The molecule has 1 rings (SSSR count). The Morgan fingerprint density at radius 1 is 1.33 bits per heavy atom. The summed E-state index contributed by atoms with van der Waals surface area (Å²) in [7, 11) is 1.72. The van der Waals surface area contributed by atoms with Crippen molar-refractivity contribution in [1.82, 2.24) is 0 Å². The van der Waals surface area contributed by atoms with Crippen molar-refractivity contribution in [1.29, 1.82) is 0 Å². The van der Waals surface area contributed by atoms with Crippen molar-refractivity contribution in [3.05, 3.63) is 29.8 Å². The SMILES string of the molecule is COc1ccccc1CC(C)C.[H+]. The lowest BCUT2D eigenvalue weighted by molar-refractivity contribution is 0.407. The summed E-state index contributed by atoms with van der Waals surface area (Å²) in [6.07, 6.45) is 1.09. The Bertz CT molecular complexity index is 246. The zero-order chi connectivity index (χ0) is 8.97. The van der Waals surface area contributed by atoms with Gasteiger partial charge in [-0.2, -0.15) is 0 Å². The fourth-order valence-corrected chi connectivity index (χ4v) is 1.31. The third kappa shape index (κ3) is 2.26. The number of methoxy groups -OCH3 is 1. The molecule has 0 aliphatic carbocycles. The average molecular weight is 165 g/mol. The molecule has 0 bridgehead atoms. The zero-order valence-corrected chi connectivity index (χ0v) is 8.00. The maximum Gasteiger partial charge on any atom is 1.00 e.